The molecule has 0 radical (unpaired) electrons. The number of hydrogen-bond acceptors (Lipinski definition) is 3. The average molecular weight is 420 g/mol. The van der Waals surface area contributed by atoms with Crippen LogP contribution in [0.5, 0.6) is 5.75 Å². The van der Waals surface area contributed by atoms with Crippen LogP contribution < -0.4 is 10.1 Å². The minimum Gasteiger partial charge on any atom is -0.491 e. The lowest BCUT2D eigenvalue weighted by molar-refractivity contribution is 0.0953. The van der Waals surface area contributed by atoms with Crippen LogP contribution in [-0.2, 0) is 12.2 Å². The summed E-state index contributed by atoms with van der Waals surface area (Å²) in [5, 5.41) is 3.02. The van der Waals surface area contributed by atoms with Gasteiger partial charge in [-0.2, -0.15) is 0 Å². The van der Waals surface area contributed by atoms with Crippen LogP contribution in [0.1, 0.15) is 41.8 Å². The van der Waals surface area contributed by atoms with E-state index in [2.05, 4.69) is 29.6 Å². The van der Waals surface area contributed by atoms with Crippen LogP contribution in [-0.4, -0.2) is 18.6 Å². The van der Waals surface area contributed by atoms with Crippen molar-refractivity contribution in [2.75, 3.05) is 6.54 Å². The van der Waals surface area contributed by atoms with Crippen LogP contribution in [0.2, 0.25) is 0 Å². The maximum Gasteiger partial charge on any atom is 0.251 e. The molecule has 0 saturated carbocycles. The molecule has 3 aromatic carbocycles. The van der Waals surface area contributed by atoms with Gasteiger partial charge in [-0.3, -0.25) is 4.79 Å². The number of carbonyl (C=O) groups excluding carboxylic acids is 1. The molecule has 0 saturated heterocycles. The van der Waals surface area contributed by atoms with E-state index in [1.165, 1.54) is 16.0 Å². The number of thioether (sulfide) groups is 1. The zero-order valence-corrected chi connectivity index (χ0v) is 18.5. The Kier molecular flexibility index (Phi) is 8.40. The van der Waals surface area contributed by atoms with Crippen molar-refractivity contribution in [3.63, 3.8) is 0 Å². The van der Waals surface area contributed by atoms with Crippen molar-refractivity contribution in [2.45, 2.75) is 43.4 Å². The molecule has 0 heterocycles. The molecule has 0 fully saturated rings. The van der Waals surface area contributed by atoms with Gasteiger partial charge in [-0.05, 0) is 74.2 Å². The molecule has 1 N–H and O–H groups in total. The van der Waals surface area contributed by atoms with E-state index in [4.69, 9.17) is 4.74 Å². The first-order valence-corrected chi connectivity index (χ1v) is 11.4. The minimum absolute atomic E-state index is 0.0158. The second kappa shape index (κ2) is 11.5. The Hall–Kier alpha value is -2.72. The van der Waals surface area contributed by atoms with Crippen molar-refractivity contribution < 1.29 is 9.53 Å². The smallest absolute Gasteiger partial charge is 0.251 e. The van der Waals surface area contributed by atoms with Crippen LogP contribution in [0.3, 0.4) is 0 Å². The van der Waals surface area contributed by atoms with Gasteiger partial charge >= 0.3 is 0 Å². The van der Waals surface area contributed by atoms with Gasteiger partial charge in [0.15, 0.2) is 0 Å². The molecule has 0 spiro atoms. The summed E-state index contributed by atoms with van der Waals surface area (Å²) in [6, 6.07) is 26.4. The van der Waals surface area contributed by atoms with Crippen molar-refractivity contribution in [1.29, 1.82) is 0 Å². The van der Waals surface area contributed by atoms with Gasteiger partial charge in [0.05, 0.1) is 6.10 Å². The molecule has 156 valence electrons. The van der Waals surface area contributed by atoms with Crippen LogP contribution in [0.4, 0.5) is 0 Å². The first kappa shape index (κ1) is 22.0. The predicted octanol–water partition coefficient (Wildman–Crippen LogP) is 6.13. The summed E-state index contributed by atoms with van der Waals surface area (Å²) in [6.07, 6.45) is 2.02. The molecule has 0 aliphatic heterocycles. The lowest BCUT2D eigenvalue weighted by atomic mass is 10.1. The number of nitrogens with one attached hydrogen (secondary N) is 1. The Morgan fingerprint density at radius 3 is 2.23 bits per heavy atom. The Morgan fingerprint density at radius 1 is 0.900 bits per heavy atom. The Balaban J connectivity index is 1.38. The highest BCUT2D eigenvalue weighted by Gasteiger charge is 2.05. The lowest BCUT2D eigenvalue weighted by Crippen LogP contribution is -2.24. The number of aryl methyl sites for hydroxylation is 1. The van der Waals surface area contributed by atoms with E-state index in [0.717, 1.165) is 24.3 Å². The van der Waals surface area contributed by atoms with Gasteiger partial charge in [0, 0.05) is 22.8 Å². The van der Waals surface area contributed by atoms with Gasteiger partial charge in [-0.1, -0.05) is 42.5 Å². The molecule has 4 heteroatoms. The molecule has 3 aromatic rings. The van der Waals surface area contributed by atoms with E-state index < -0.39 is 0 Å². The van der Waals surface area contributed by atoms with Gasteiger partial charge in [-0.25, -0.2) is 0 Å². The van der Waals surface area contributed by atoms with E-state index in [1.807, 2.05) is 68.4 Å². The first-order valence-electron chi connectivity index (χ1n) is 10.4. The number of rotatable bonds is 10. The molecule has 0 bridgehead atoms. The molecular weight excluding hydrogens is 390 g/mol. The standard InChI is InChI=1S/C26H29NO2S/c1-20(2)29-24-16-12-21(13-17-24)7-6-18-27-26(28)23-14-10-22(11-15-23)19-30-25-8-4-3-5-9-25/h3-5,8-17,20H,6-7,18-19H2,1-2H3,(H,27,28). The van der Waals surface area contributed by atoms with Gasteiger partial charge in [0.1, 0.15) is 5.75 Å². The summed E-state index contributed by atoms with van der Waals surface area (Å²) in [4.78, 5) is 13.6. The molecule has 1 amide bonds. The normalized spacial score (nSPS) is 10.8. The van der Waals surface area contributed by atoms with E-state index in [1.54, 1.807) is 11.8 Å². The molecule has 0 aliphatic carbocycles. The van der Waals surface area contributed by atoms with E-state index in [9.17, 15) is 4.79 Å². The molecular formula is C26H29NO2S. The third-order valence-corrected chi connectivity index (χ3v) is 5.67. The third-order valence-electron chi connectivity index (χ3n) is 4.59. The quantitative estimate of drug-likeness (QED) is 0.317. The van der Waals surface area contributed by atoms with E-state index in [0.29, 0.717) is 12.1 Å². The number of amides is 1. The molecule has 3 rings (SSSR count). The van der Waals surface area contributed by atoms with Crippen LogP contribution in [0.15, 0.2) is 83.8 Å². The van der Waals surface area contributed by atoms with Crippen molar-refractivity contribution in [2.24, 2.45) is 0 Å². The molecule has 0 atom stereocenters. The summed E-state index contributed by atoms with van der Waals surface area (Å²) >= 11 is 1.80. The summed E-state index contributed by atoms with van der Waals surface area (Å²) in [5.41, 5.74) is 3.17. The summed E-state index contributed by atoms with van der Waals surface area (Å²) in [5.74, 6) is 1.78. The highest BCUT2D eigenvalue weighted by Crippen LogP contribution is 2.22. The fraction of sp³-hybridized carbons (Fsp3) is 0.269. The number of carbonyl (C=O) groups is 1. The molecule has 0 aromatic heterocycles. The van der Waals surface area contributed by atoms with Crippen molar-refractivity contribution in [1.82, 2.24) is 5.32 Å². The lowest BCUT2D eigenvalue weighted by Gasteiger charge is -2.10. The average Bonchev–Trinajstić information content (AvgIpc) is 2.77. The Bertz CT molecular complexity index is 906. The van der Waals surface area contributed by atoms with Gasteiger partial charge in [0.25, 0.3) is 5.91 Å². The number of ether oxygens (including phenoxy) is 1. The first-order chi connectivity index (χ1) is 14.6. The maximum atomic E-state index is 12.4. The molecule has 0 aliphatic rings. The van der Waals surface area contributed by atoms with Gasteiger partial charge < -0.3 is 10.1 Å². The second-order valence-corrected chi connectivity index (χ2v) is 8.52. The minimum atomic E-state index is -0.0158. The summed E-state index contributed by atoms with van der Waals surface area (Å²) in [7, 11) is 0. The summed E-state index contributed by atoms with van der Waals surface area (Å²) in [6.45, 7) is 4.70. The van der Waals surface area contributed by atoms with E-state index in [-0.39, 0.29) is 12.0 Å². The Morgan fingerprint density at radius 2 is 1.57 bits per heavy atom. The topological polar surface area (TPSA) is 38.3 Å². The third kappa shape index (κ3) is 7.27. The van der Waals surface area contributed by atoms with Crippen LogP contribution in [0.25, 0.3) is 0 Å². The summed E-state index contributed by atoms with van der Waals surface area (Å²) < 4.78 is 5.66. The monoisotopic (exact) mass is 419 g/mol. The maximum absolute atomic E-state index is 12.4. The molecule has 3 nitrogen and oxygen atoms in total. The van der Waals surface area contributed by atoms with E-state index >= 15 is 0 Å². The second-order valence-electron chi connectivity index (χ2n) is 7.47. The predicted molar refractivity (Wildman–Crippen MR) is 125 cm³/mol. The largest absolute Gasteiger partial charge is 0.491 e. The fourth-order valence-corrected chi connectivity index (χ4v) is 3.91. The SMILES string of the molecule is CC(C)Oc1ccc(CCCNC(=O)c2ccc(CSc3ccccc3)cc2)cc1. The Labute approximate surface area is 183 Å². The van der Waals surface area contributed by atoms with Crippen molar-refractivity contribution in [3.05, 3.63) is 95.6 Å². The highest BCUT2D eigenvalue weighted by molar-refractivity contribution is 7.98. The van der Waals surface area contributed by atoms with Crippen LogP contribution >= 0.6 is 11.8 Å². The van der Waals surface area contributed by atoms with Crippen molar-refractivity contribution in [3.8, 4) is 5.75 Å². The fourth-order valence-electron chi connectivity index (χ4n) is 3.04. The highest BCUT2D eigenvalue weighted by atomic mass is 32.2. The zero-order chi connectivity index (χ0) is 21.2. The van der Waals surface area contributed by atoms with Gasteiger partial charge in [0.2, 0.25) is 0 Å². The van der Waals surface area contributed by atoms with Gasteiger partial charge in [-0.15, -0.1) is 11.8 Å². The van der Waals surface area contributed by atoms with Crippen LogP contribution in [0, 0.1) is 0 Å². The number of hydrogen-bond donors (Lipinski definition) is 1. The van der Waals surface area contributed by atoms with Crippen molar-refractivity contribution >= 4 is 17.7 Å². The zero-order valence-electron chi connectivity index (χ0n) is 17.6. The molecule has 0 unspecified atom stereocenters. The number of benzene rings is 3. The molecule has 30 heavy (non-hydrogen) atoms.